The minimum Gasteiger partial charge on any atom is -0.489 e. The number of hydrogen-bond acceptors (Lipinski definition) is 6. The molecule has 1 aromatic heterocycles. The Morgan fingerprint density at radius 1 is 1.05 bits per heavy atom. The van der Waals surface area contributed by atoms with Crippen molar-refractivity contribution in [2.75, 3.05) is 13.2 Å². The van der Waals surface area contributed by atoms with Crippen molar-refractivity contribution in [1.29, 1.82) is 0 Å². The van der Waals surface area contributed by atoms with Crippen LogP contribution in [-0.2, 0) is 10.1 Å². The fourth-order valence-electron chi connectivity index (χ4n) is 4.61. The molecule has 4 aromatic rings. The summed E-state index contributed by atoms with van der Waals surface area (Å²) in [5, 5.41) is 0. The van der Waals surface area contributed by atoms with Gasteiger partial charge in [-0.25, -0.2) is 9.37 Å². The van der Waals surface area contributed by atoms with Crippen molar-refractivity contribution in [2.24, 2.45) is 5.73 Å². The molecular weight excluding hydrogens is 519 g/mol. The summed E-state index contributed by atoms with van der Waals surface area (Å²) in [5.41, 5.74) is 9.78. The van der Waals surface area contributed by atoms with Gasteiger partial charge in [0.2, 0.25) is 0 Å². The molecule has 1 aliphatic rings. The number of nitrogens with zero attached hydrogens (tertiary/aromatic N) is 1. The van der Waals surface area contributed by atoms with E-state index >= 15 is 0 Å². The lowest BCUT2D eigenvalue weighted by atomic mass is 9.79. The predicted molar refractivity (Wildman–Crippen MR) is 149 cm³/mol. The highest BCUT2D eigenvalue weighted by Crippen LogP contribution is 2.41. The number of oxazole rings is 1. The molecule has 1 aliphatic carbocycles. The van der Waals surface area contributed by atoms with Crippen molar-refractivity contribution in [2.45, 2.75) is 49.3 Å². The Balaban J connectivity index is 0.000000270. The van der Waals surface area contributed by atoms with Crippen LogP contribution < -0.4 is 10.5 Å². The SMILES string of the molecule is Cc1ccc(S(=O)(=O)O)cc1.NC/C(=C\F)COc1ccc2nc(C3CCC(c4ccccc4)CC3)oc2c1. The summed E-state index contributed by atoms with van der Waals surface area (Å²) >= 11 is 0. The Kier molecular flexibility index (Phi) is 9.50. The molecule has 0 spiro atoms. The molecule has 0 unspecified atom stereocenters. The molecule has 1 saturated carbocycles. The van der Waals surface area contributed by atoms with Crippen LogP contribution in [0.15, 0.2) is 94.0 Å². The number of nitrogens with two attached hydrogens (primary N) is 1. The van der Waals surface area contributed by atoms with Crippen molar-refractivity contribution in [3.63, 3.8) is 0 Å². The van der Waals surface area contributed by atoms with Gasteiger partial charge in [-0.3, -0.25) is 4.55 Å². The zero-order valence-electron chi connectivity index (χ0n) is 21.8. The second kappa shape index (κ2) is 13.0. The summed E-state index contributed by atoms with van der Waals surface area (Å²) < 4.78 is 53.8. The van der Waals surface area contributed by atoms with E-state index in [0.29, 0.717) is 35.1 Å². The van der Waals surface area contributed by atoms with Gasteiger partial charge in [-0.2, -0.15) is 8.42 Å². The first kappa shape index (κ1) is 28.5. The fraction of sp³-hybridized carbons (Fsp3) is 0.300. The molecule has 0 saturated heterocycles. The minimum atomic E-state index is -4.02. The second-order valence-corrected chi connectivity index (χ2v) is 11.1. The second-order valence-electron chi connectivity index (χ2n) is 9.69. The maximum absolute atomic E-state index is 12.6. The highest BCUT2D eigenvalue weighted by molar-refractivity contribution is 7.85. The predicted octanol–water partition coefficient (Wildman–Crippen LogP) is 6.70. The molecule has 0 bridgehead atoms. The number of aryl methyl sites for hydroxylation is 1. The molecule has 9 heteroatoms. The fourth-order valence-corrected chi connectivity index (χ4v) is 5.09. The maximum Gasteiger partial charge on any atom is 0.294 e. The molecule has 3 aromatic carbocycles. The molecule has 3 N–H and O–H groups in total. The van der Waals surface area contributed by atoms with E-state index in [1.54, 1.807) is 12.1 Å². The van der Waals surface area contributed by atoms with Gasteiger partial charge in [-0.1, -0.05) is 48.0 Å². The molecule has 1 fully saturated rings. The van der Waals surface area contributed by atoms with Crippen LogP contribution in [0.25, 0.3) is 11.1 Å². The van der Waals surface area contributed by atoms with Gasteiger partial charge in [-0.05, 0) is 68.4 Å². The Morgan fingerprint density at radius 2 is 1.72 bits per heavy atom. The van der Waals surface area contributed by atoms with E-state index in [0.717, 1.165) is 42.7 Å². The molecule has 1 heterocycles. The number of fused-ring (bicyclic) bond motifs is 1. The van der Waals surface area contributed by atoms with Gasteiger partial charge in [0.05, 0.1) is 11.2 Å². The quantitative estimate of drug-likeness (QED) is 0.245. The van der Waals surface area contributed by atoms with Crippen LogP contribution in [0.5, 0.6) is 5.75 Å². The Labute approximate surface area is 228 Å². The summed E-state index contributed by atoms with van der Waals surface area (Å²) in [6.45, 7) is 2.10. The molecule has 0 atom stereocenters. The van der Waals surface area contributed by atoms with Crippen LogP contribution >= 0.6 is 0 Å². The van der Waals surface area contributed by atoms with Crippen LogP contribution in [0.2, 0.25) is 0 Å². The zero-order chi connectivity index (χ0) is 27.8. The lowest BCUT2D eigenvalue weighted by Crippen LogP contribution is -2.12. The largest absolute Gasteiger partial charge is 0.489 e. The Bertz CT molecular complexity index is 1490. The summed E-state index contributed by atoms with van der Waals surface area (Å²) in [7, 11) is -4.02. The van der Waals surface area contributed by atoms with Crippen LogP contribution in [0, 0.1) is 6.92 Å². The first-order chi connectivity index (χ1) is 18.8. The average Bonchev–Trinajstić information content (AvgIpc) is 3.38. The Morgan fingerprint density at radius 3 is 2.33 bits per heavy atom. The standard InChI is InChI=1S/C23H25FN2O2.C7H8O3S/c24-13-16(14-25)15-27-20-10-11-21-22(12-20)28-23(26-21)19-8-6-18(7-9-19)17-4-2-1-3-5-17;1-6-2-4-7(5-3-6)11(8,9)10/h1-5,10-13,18-19H,6-9,14-15,25H2;2-5H,1H3,(H,8,9,10)/b16-13+;. The van der Waals surface area contributed by atoms with Crippen molar-refractivity contribution in [1.82, 2.24) is 4.98 Å². The minimum absolute atomic E-state index is 0.0666. The van der Waals surface area contributed by atoms with Crippen LogP contribution in [0.1, 0.15) is 54.5 Å². The van der Waals surface area contributed by atoms with Gasteiger partial charge in [0, 0.05) is 24.1 Å². The highest BCUT2D eigenvalue weighted by atomic mass is 32.2. The molecule has 7 nitrogen and oxygen atoms in total. The normalized spacial score (nSPS) is 17.9. The van der Waals surface area contributed by atoms with Crippen molar-refractivity contribution >= 4 is 21.2 Å². The van der Waals surface area contributed by atoms with Crippen molar-refractivity contribution in [3.05, 3.63) is 102 Å². The molecule has 0 amide bonds. The highest BCUT2D eigenvalue weighted by Gasteiger charge is 2.26. The van der Waals surface area contributed by atoms with Gasteiger partial charge in [-0.15, -0.1) is 0 Å². The number of rotatable bonds is 7. The first-order valence-corrected chi connectivity index (χ1v) is 14.3. The molecular formula is C30H33FN2O5S. The van der Waals surface area contributed by atoms with Crippen molar-refractivity contribution < 1.29 is 26.5 Å². The van der Waals surface area contributed by atoms with Crippen LogP contribution in [-0.4, -0.2) is 31.1 Å². The third-order valence-corrected chi connectivity index (χ3v) is 7.75. The van der Waals surface area contributed by atoms with Gasteiger partial charge in [0.15, 0.2) is 11.5 Å². The van der Waals surface area contributed by atoms with Crippen molar-refractivity contribution in [3.8, 4) is 5.75 Å². The zero-order valence-corrected chi connectivity index (χ0v) is 22.6. The van der Waals surface area contributed by atoms with Gasteiger partial charge < -0.3 is 14.9 Å². The lowest BCUT2D eigenvalue weighted by molar-refractivity contribution is 0.342. The van der Waals surface area contributed by atoms with Gasteiger partial charge in [0.1, 0.15) is 17.9 Å². The maximum atomic E-state index is 12.6. The summed E-state index contributed by atoms with van der Waals surface area (Å²) in [5.74, 6) is 2.41. The van der Waals surface area contributed by atoms with E-state index in [2.05, 4.69) is 35.3 Å². The molecule has 39 heavy (non-hydrogen) atoms. The van der Waals surface area contributed by atoms with E-state index < -0.39 is 10.1 Å². The molecule has 5 rings (SSSR count). The number of halogens is 1. The number of benzene rings is 3. The van der Waals surface area contributed by atoms with E-state index in [1.165, 1.54) is 17.7 Å². The molecule has 0 aliphatic heterocycles. The molecule has 206 valence electrons. The van der Waals surface area contributed by atoms with E-state index in [-0.39, 0.29) is 18.0 Å². The third kappa shape index (κ3) is 7.75. The van der Waals surface area contributed by atoms with Gasteiger partial charge in [0.25, 0.3) is 10.1 Å². The first-order valence-electron chi connectivity index (χ1n) is 12.9. The average molecular weight is 553 g/mol. The lowest BCUT2D eigenvalue weighted by Gasteiger charge is -2.27. The van der Waals surface area contributed by atoms with Gasteiger partial charge >= 0.3 is 0 Å². The summed E-state index contributed by atoms with van der Waals surface area (Å²) in [4.78, 5) is 4.62. The smallest absolute Gasteiger partial charge is 0.294 e. The summed E-state index contributed by atoms with van der Waals surface area (Å²) in [6, 6.07) is 22.2. The topological polar surface area (TPSA) is 116 Å². The van der Waals surface area contributed by atoms with Crippen LogP contribution in [0.3, 0.4) is 0 Å². The monoisotopic (exact) mass is 552 g/mol. The van der Waals surface area contributed by atoms with Crippen LogP contribution in [0.4, 0.5) is 4.39 Å². The number of ether oxygens (including phenoxy) is 1. The summed E-state index contributed by atoms with van der Waals surface area (Å²) in [6.07, 6.45) is 4.96. The number of aromatic nitrogens is 1. The molecule has 0 radical (unpaired) electrons. The van der Waals surface area contributed by atoms with E-state index in [9.17, 15) is 12.8 Å². The number of hydrogen-bond donors (Lipinski definition) is 2. The van der Waals surface area contributed by atoms with E-state index in [1.807, 2.05) is 25.1 Å². The Hall–Kier alpha value is -3.53. The van der Waals surface area contributed by atoms with E-state index in [4.69, 9.17) is 19.4 Å². The third-order valence-electron chi connectivity index (χ3n) is 6.88.